The van der Waals surface area contributed by atoms with Gasteiger partial charge in [0, 0.05) is 81.9 Å². The number of rotatable bonds is 13. The van der Waals surface area contributed by atoms with Crippen LogP contribution in [0.15, 0.2) is 439 Å². The Morgan fingerprint density at radius 1 is 0.155 bits per heavy atom. The third kappa shape index (κ3) is 11.2. The summed E-state index contributed by atoms with van der Waals surface area (Å²) in [6, 6.07) is 148. The molecule has 0 amide bonds. The van der Waals surface area contributed by atoms with E-state index in [9.17, 15) is 0 Å². The maximum atomic E-state index is 16.3. The normalized spacial score (nSPS) is 12.0. The predicted molar refractivity (Wildman–Crippen MR) is 533 cm³/mol. The number of pyridine rings is 3. The summed E-state index contributed by atoms with van der Waals surface area (Å²) in [4.78, 5) is 64.0. The molecule has 0 radical (unpaired) electrons. The first kappa shape index (κ1) is 73.2. The molecule has 0 saturated carbocycles. The molecule has 0 aliphatic carbocycles. The van der Waals surface area contributed by atoms with Crippen molar-refractivity contribution in [2.75, 3.05) is 0 Å². The van der Waals surface area contributed by atoms with Gasteiger partial charge in [-0.1, -0.05) is 376 Å². The zero-order valence-corrected chi connectivity index (χ0v) is 69.3. The van der Waals surface area contributed by atoms with E-state index < -0.39 is 0 Å². The van der Waals surface area contributed by atoms with Crippen molar-refractivity contribution < 1.29 is 0 Å². The van der Waals surface area contributed by atoms with Gasteiger partial charge in [-0.2, -0.15) is 0 Å². The molecule has 0 atom stereocenters. The van der Waals surface area contributed by atoms with Gasteiger partial charge in [0.05, 0.1) is 33.1 Å². The Hall–Kier alpha value is -17.4. The quantitative estimate of drug-likeness (QED) is 0.114. The molecule has 0 saturated heterocycles. The topological polar surface area (TPSA) is 103 Å². The molecule has 129 heavy (non-hydrogen) atoms. The van der Waals surface area contributed by atoms with Crippen LogP contribution in [0.3, 0.4) is 0 Å². The van der Waals surface area contributed by atoms with Gasteiger partial charge in [0.2, 0.25) is 0 Å². The number of hydrogen-bond acceptors (Lipinski definition) is 6. The predicted octanol–water partition coefficient (Wildman–Crippen LogP) is 29.1. The Balaban J connectivity index is 0.577. The maximum Gasteiger partial charge on any atom is 0.264 e. The van der Waals surface area contributed by atoms with Crippen LogP contribution in [0.4, 0.5) is 0 Å². The van der Waals surface area contributed by atoms with Crippen LogP contribution in [0.25, 0.3) is 259 Å². The van der Waals surface area contributed by atoms with Crippen LogP contribution in [-0.4, -0.2) is 28.2 Å². The fourth-order valence-corrected chi connectivity index (χ4v) is 20.9. The molecule has 9 nitrogen and oxygen atoms in total. The largest absolute Gasteiger partial charge is 0.268 e. The summed E-state index contributed by atoms with van der Waals surface area (Å²) in [5, 5.41) is 10.2. The Morgan fingerprint density at radius 3 is 0.791 bits per heavy atom. The monoisotopic (exact) mass is 1640 g/mol. The van der Waals surface area contributed by atoms with E-state index in [1.165, 1.54) is 0 Å². The Labute approximate surface area is 738 Å². The SMILES string of the molecule is O=c1c2ccc(-c3ccc(-c4cccc(-c5cc(-c6ccccc6)c6nc7c8cccc9c(-c%10ccc(-c%11cccc(-c%12cc(-c%13ccccc%13)c%13nc%14c%15ccc(-c%16ccccc%16)c%16cccc(c(=O)n%14c%13c%12-c%12ccccc%12)c%16%15)c%11)cc%10)ccc(c(=O)n7c6c5-c5ccccc5)c98)c4)cc3)c3cccc(c32)c2nc3c(-c4ccccc4)ccc(-c4ccccc4)c3n12. The molecule has 26 rings (SSSR count). The van der Waals surface area contributed by atoms with Crippen molar-refractivity contribution in [2.45, 2.75) is 0 Å². The minimum atomic E-state index is -0.150. The second kappa shape index (κ2) is 28.8. The Kier molecular flexibility index (Phi) is 16.4. The summed E-state index contributed by atoms with van der Waals surface area (Å²) >= 11 is 0. The molecule has 26 aromatic rings. The van der Waals surface area contributed by atoms with Crippen LogP contribution >= 0.6 is 0 Å². The highest BCUT2D eigenvalue weighted by molar-refractivity contribution is 6.25. The highest BCUT2D eigenvalue weighted by Crippen LogP contribution is 2.50. The van der Waals surface area contributed by atoms with Crippen LogP contribution in [0.2, 0.25) is 0 Å². The van der Waals surface area contributed by atoms with Crippen molar-refractivity contribution in [2.24, 2.45) is 0 Å². The number of benzene rings is 20. The fraction of sp³-hybridized carbons (Fsp3) is 0. The molecule has 0 N–H and O–H groups in total. The lowest BCUT2D eigenvalue weighted by Crippen LogP contribution is -2.14. The number of hydrogen-bond donors (Lipinski definition) is 0. The van der Waals surface area contributed by atoms with Crippen molar-refractivity contribution >= 4 is 115 Å². The van der Waals surface area contributed by atoms with Gasteiger partial charge in [0.25, 0.3) is 16.7 Å². The summed E-state index contributed by atoms with van der Waals surface area (Å²) < 4.78 is 5.62. The van der Waals surface area contributed by atoms with E-state index in [1.807, 2.05) is 104 Å². The van der Waals surface area contributed by atoms with Gasteiger partial charge in [0.15, 0.2) is 0 Å². The molecule has 6 aromatic heterocycles. The van der Waals surface area contributed by atoms with E-state index in [-0.39, 0.29) is 16.7 Å². The smallest absolute Gasteiger partial charge is 0.264 e. The molecule has 0 unspecified atom stereocenters. The van der Waals surface area contributed by atoms with Crippen LogP contribution < -0.4 is 16.7 Å². The lowest BCUT2D eigenvalue weighted by atomic mass is 9.88. The average Bonchev–Trinajstić information content (AvgIpc) is 1.59. The number of fused-ring (bicyclic) bond motifs is 12. The molecule has 0 aliphatic rings. The third-order valence-corrected chi connectivity index (χ3v) is 26.8. The summed E-state index contributed by atoms with van der Waals surface area (Å²) in [7, 11) is 0. The van der Waals surface area contributed by atoms with Crippen molar-refractivity contribution in [3.05, 3.63) is 456 Å². The molecular formula is C120H70N6O3. The molecular weight excluding hydrogens is 1570 g/mol. The van der Waals surface area contributed by atoms with Crippen molar-refractivity contribution in [3.63, 3.8) is 0 Å². The van der Waals surface area contributed by atoms with E-state index in [2.05, 4.69) is 334 Å². The molecule has 0 spiro atoms. The highest BCUT2D eigenvalue weighted by atomic mass is 16.1. The number of nitrogens with zero attached hydrogens (tertiary/aromatic N) is 6. The lowest BCUT2D eigenvalue weighted by Gasteiger charge is -2.17. The maximum absolute atomic E-state index is 16.3. The van der Waals surface area contributed by atoms with Gasteiger partial charge in [-0.25, -0.2) is 15.0 Å². The molecule has 0 bridgehead atoms. The molecule has 0 aliphatic heterocycles. The summed E-state index contributed by atoms with van der Waals surface area (Å²) in [5.41, 5.74) is 31.7. The van der Waals surface area contributed by atoms with E-state index >= 15 is 14.4 Å². The standard InChI is InChI=1S/C120H70N6O3/c127-118-97-50-26-47-91-86(73-27-8-1-9-28-73)59-64-96(108(91)97)117-123-111-103(77-35-16-5-17-36-77)70-101(105(114(111)126(117)118)81-39-20-7-21-40-81)85-44-23-42-83(68-85)72-53-57-79(58-54-72)88-61-66-99-107-93(88)46-25-49-95(107)116-122-110-102(76-33-14-4-15-34-76)69-100(104(80-37-18-6-19-38-80)113(110)125(116)120(99)129)84-43-22-41-82(67-84)71-51-55-78(56-52-71)87-60-65-98-106-92(87)45-24-48-94(106)115-121-109-89(74-29-10-2-11-30-74)62-63-90(75-31-12-3-13-32-75)112(109)124(115)119(98)128/h1-70H. The van der Waals surface area contributed by atoms with E-state index in [1.54, 1.807) is 0 Å². The minimum Gasteiger partial charge on any atom is -0.268 e. The Morgan fingerprint density at radius 2 is 0.403 bits per heavy atom. The van der Waals surface area contributed by atoms with Gasteiger partial charge in [-0.05, 0) is 176 Å². The van der Waals surface area contributed by atoms with Gasteiger partial charge < -0.3 is 0 Å². The molecule has 6 heterocycles. The summed E-state index contributed by atoms with van der Waals surface area (Å²) in [5.74, 6) is 0. The van der Waals surface area contributed by atoms with E-state index in [0.29, 0.717) is 33.1 Å². The second-order valence-electron chi connectivity index (χ2n) is 33.7. The van der Waals surface area contributed by atoms with E-state index in [0.717, 1.165) is 226 Å². The van der Waals surface area contributed by atoms with Gasteiger partial charge in [-0.15, -0.1) is 0 Å². The highest BCUT2D eigenvalue weighted by Gasteiger charge is 2.30. The van der Waals surface area contributed by atoms with Gasteiger partial charge in [0.1, 0.15) is 16.9 Å². The number of imidazole rings is 3. The van der Waals surface area contributed by atoms with Gasteiger partial charge in [-0.3, -0.25) is 27.6 Å². The first-order chi connectivity index (χ1) is 63.8. The lowest BCUT2D eigenvalue weighted by molar-refractivity contribution is 1.19. The van der Waals surface area contributed by atoms with Crippen LogP contribution in [0.5, 0.6) is 0 Å². The Bertz CT molecular complexity index is 9310. The van der Waals surface area contributed by atoms with Crippen LogP contribution in [-0.2, 0) is 0 Å². The van der Waals surface area contributed by atoms with Crippen LogP contribution in [0, 0.1) is 0 Å². The minimum absolute atomic E-state index is 0.105. The zero-order chi connectivity index (χ0) is 85.2. The molecule has 9 heteroatoms. The van der Waals surface area contributed by atoms with Crippen molar-refractivity contribution in [1.82, 2.24) is 28.2 Å². The average molecular weight is 1640 g/mol. The van der Waals surface area contributed by atoms with Crippen molar-refractivity contribution in [3.8, 4) is 145 Å². The third-order valence-electron chi connectivity index (χ3n) is 26.8. The van der Waals surface area contributed by atoms with Gasteiger partial charge >= 0.3 is 0 Å². The molecule has 0 fully saturated rings. The second-order valence-corrected chi connectivity index (χ2v) is 33.7. The van der Waals surface area contributed by atoms with E-state index in [4.69, 9.17) is 15.0 Å². The first-order valence-corrected chi connectivity index (χ1v) is 43.7. The summed E-state index contributed by atoms with van der Waals surface area (Å²) in [6.07, 6.45) is 0. The fourth-order valence-electron chi connectivity index (χ4n) is 20.9. The van der Waals surface area contributed by atoms with Crippen LogP contribution in [0.1, 0.15) is 0 Å². The molecule has 20 aromatic carbocycles. The first-order valence-electron chi connectivity index (χ1n) is 43.7. The zero-order valence-electron chi connectivity index (χ0n) is 69.3. The van der Waals surface area contributed by atoms with Crippen molar-refractivity contribution in [1.29, 1.82) is 0 Å². The molecule has 598 valence electrons. The number of aromatic nitrogens is 6. The summed E-state index contributed by atoms with van der Waals surface area (Å²) in [6.45, 7) is 0.